The maximum Gasteiger partial charge on any atom is 0.0379 e. The van der Waals surface area contributed by atoms with E-state index >= 15 is 0 Å². The van der Waals surface area contributed by atoms with Crippen LogP contribution >= 0.6 is 23.1 Å². The molecule has 0 radical (unpaired) electrons. The summed E-state index contributed by atoms with van der Waals surface area (Å²) in [5.74, 6) is 0. The van der Waals surface area contributed by atoms with Crippen molar-refractivity contribution in [2.75, 3.05) is 0 Å². The molecule has 240 valence electrons. The van der Waals surface area contributed by atoms with Crippen LogP contribution < -0.4 is 0 Å². The van der Waals surface area contributed by atoms with E-state index in [0.717, 1.165) is 6.42 Å². The van der Waals surface area contributed by atoms with E-state index in [0.29, 0.717) is 5.25 Å². The number of rotatable bonds is 6. The van der Waals surface area contributed by atoms with Crippen molar-refractivity contribution in [1.82, 2.24) is 0 Å². The molecular weight excluding hydrogens is 641 g/mol. The minimum absolute atomic E-state index is 0.469. The predicted octanol–water partition coefficient (Wildman–Crippen LogP) is 14.6. The maximum absolute atomic E-state index is 2.43. The Bertz CT molecular complexity index is 2550. The van der Waals surface area contributed by atoms with Gasteiger partial charge in [-0.3, -0.25) is 0 Å². The number of thiophene rings is 1. The molecule has 1 aliphatic heterocycles. The van der Waals surface area contributed by atoms with E-state index in [1.54, 1.807) is 0 Å². The van der Waals surface area contributed by atoms with Crippen LogP contribution in [-0.2, 0) is 0 Å². The topological polar surface area (TPSA) is 0 Å². The lowest BCUT2D eigenvalue weighted by molar-refractivity contribution is 0.991. The van der Waals surface area contributed by atoms with Gasteiger partial charge in [-0.25, -0.2) is 0 Å². The van der Waals surface area contributed by atoms with Gasteiger partial charge in [-0.1, -0.05) is 151 Å². The van der Waals surface area contributed by atoms with E-state index in [1.165, 1.54) is 91.8 Å². The average molecular weight is 677 g/mol. The van der Waals surface area contributed by atoms with Gasteiger partial charge in [0, 0.05) is 19.9 Å². The first kappa shape index (κ1) is 30.9. The number of hydrogen-bond donors (Lipinski definition) is 0. The SMILES string of the molecule is Cc1ccc2c(-c3cccc(-c4ccc(-c5ccccc5)s4)c3)c3cc(C)ccc3c(-c3cccc(C4=CCC(c5ccccc5)S4)c3)c2c1. The highest BCUT2D eigenvalue weighted by molar-refractivity contribution is 8.08. The molecule has 0 amide bonds. The van der Waals surface area contributed by atoms with E-state index in [9.17, 15) is 0 Å². The Balaban J connectivity index is 1.19. The fourth-order valence-electron chi connectivity index (χ4n) is 7.51. The number of thioether (sulfide) groups is 1. The second kappa shape index (κ2) is 12.9. The van der Waals surface area contributed by atoms with Gasteiger partial charge < -0.3 is 0 Å². The Morgan fingerprint density at radius 1 is 0.440 bits per heavy atom. The number of allylic oxidation sites excluding steroid dienone is 1. The Morgan fingerprint density at radius 2 is 0.960 bits per heavy atom. The Kier molecular flexibility index (Phi) is 8.00. The van der Waals surface area contributed by atoms with Crippen LogP contribution in [0.3, 0.4) is 0 Å². The molecule has 1 atom stereocenters. The summed E-state index contributed by atoms with van der Waals surface area (Å²) < 4.78 is 0. The number of hydrogen-bond acceptors (Lipinski definition) is 2. The monoisotopic (exact) mass is 676 g/mol. The van der Waals surface area contributed by atoms with Gasteiger partial charge in [0.1, 0.15) is 0 Å². The van der Waals surface area contributed by atoms with Crippen molar-refractivity contribution in [2.45, 2.75) is 25.5 Å². The summed E-state index contributed by atoms with van der Waals surface area (Å²) in [4.78, 5) is 3.95. The summed E-state index contributed by atoms with van der Waals surface area (Å²) in [7, 11) is 0. The van der Waals surface area contributed by atoms with Crippen LogP contribution in [0.15, 0.2) is 164 Å². The summed E-state index contributed by atoms with van der Waals surface area (Å²) in [6.07, 6.45) is 3.49. The lowest BCUT2D eigenvalue weighted by Gasteiger charge is -2.19. The van der Waals surface area contributed by atoms with Crippen molar-refractivity contribution in [2.24, 2.45) is 0 Å². The summed E-state index contributed by atoms with van der Waals surface area (Å²) in [6.45, 7) is 4.42. The standard InChI is InChI=1S/C48H36S2/c1-31-19-21-39-41(27-31)47(37-17-9-15-35(29-37)45-25-23-43(49-45)33-11-5-3-6-12-33)40-22-20-32(2)28-42(40)48(39)38-18-10-16-36(30-38)46-26-24-44(50-46)34-13-7-4-8-14-34/h3-23,25-30,44H,24H2,1-2H3. The van der Waals surface area contributed by atoms with Crippen molar-refractivity contribution < 1.29 is 0 Å². The second-order valence-corrected chi connectivity index (χ2v) is 15.7. The second-order valence-electron chi connectivity index (χ2n) is 13.4. The van der Waals surface area contributed by atoms with Gasteiger partial charge in [0.25, 0.3) is 0 Å². The first-order valence-corrected chi connectivity index (χ1v) is 19.0. The largest absolute Gasteiger partial charge is 0.135 e. The molecular formula is C48H36S2. The van der Waals surface area contributed by atoms with Crippen molar-refractivity contribution in [3.05, 3.63) is 186 Å². The molecule has 0 N–H and O–H groups in total. The summed E-state index contributed by atoms with van der Waals surface area (Å²) in [5.41, 5.74) is 12.9. The van der Waals surface area contributed by atoms with Crippen LogP contribution in [0.2, 0.25) is 0 Å². The highest BCUT2D eigenvalue weighted by Crippen LogP contribution is 2.50. The Morgan fingerprint density at radius 3 is 1.60 bits per heavy atom. The van der Waals surface area contributed by atoms with Gasteiger partial charge in [-0.2, -0.15) is 0 Å². The predicted molar refractivity (Wildman–Crippen MR) is 220 cm³/mol. The van der Waals surface area contributed by atoms with E-state index in [-0.39, 0.29) is 0 Å². The van der Waals surface area contributed by atoms with Crippen LogP contribution in [-0.4, -0.2) is 0 Å². The Labute approximate surface area is 302 Å². The highest BCUT2D eigenvalue weighted by atomic mass is 32.2. The van der Waals surface area contributed by atoms with Crippen molar-refractivity contribution in [1.29, 1.82) is 0 Å². The molecule has 0 nitrogen and oxygen atoms in total. The molecule has 8 aromatic rings. The van der Waals surface area contributed by atoms with Crippen LogP contribution in [0.25, 0.3) is 69.6 Å². The first-order chi connectivity index (χ1) is 24.6. The van der Waals surface area contributed by atoms with Crippen LogP contribution in [0.4, 0.5) is 0 Å². The molecule has 0 aliphatic carbocycles. The third-order valence-electron chi connectivity index (χ3n) is 9.92. The Hall–Kier alpha value is -5.15. The summed E-state index contributed by atoms with van der Waals surface area (Å²) >= 11 is 3.85. The minimum atomic E-state index is 0.469. The molecule has 0 fully saturated rings. The van der Waals surface area contributed by atoms with Gasteiger partial charge >= 0.3 is 0 Å². The lowest BCUT2D eigenvalue weighted by Crippen LogP contribution is -1.93. The minimum Gasteiger partial charge on any atom is -0.135 e. The summed E-state index contributed by atoms with van der Waals surface area (Å²) in [5, 5.41) is 5.66. The lowest BCUT2D eigenvalue weighted by atomic mass is 9.84. The molecule has 0 bridgehead atoms. The zero-order valence-corrected chi connectivity index (χ0v) is 29.8. The third-order valence-corrected chi connectivity index (χ3v) is 12.5. The van der Waals surface area contributed by atoms with Crippen molar-refractivity contribution in [3.63, 3.8) is 0 Å². The number of aryl methyl sites for hydroxylation is 2. The highest BCUT2D eigenvalue weighted by Gasteiger charge is 2.22. The molecule has 0 saturated heterocycles. The molecule has 1 unspecified atom stereocenters. The normalized spacial score (nSPS) is 14.4. The van der Waals surface area contributed by atoms with E-state index < -0.39 is 0 Å². The van der Waals surface area contributed by atoms with Gasteiger partial charge in [0.05, 0.1) is 0 Å². The smallest absolute Gasteiger partial charge is 0.0379 e. The van der Waals surface area contributed by atoms with Crippen LogP contribution in [0, 0.1) is 13.8 Å². The van der Waals surface area contributed by atoms with Crippen molar-refractivity contribution in [3.8, 4) is 43.1 Å². The molecule has 9 rings (SSSR count). The zero-order valence-electron chi connectivity index (χ0n) is 28.2. The van der Waals surface area contributed by atoms with Crippen LogP contribution in [0.1, 0.15) is 33.9 Å². The first-order valence-electron chi connectivity index (χ1n) is 17.3. The van der Waals surface area contributed by atoms with Gasteiger partial charge in [0.15, 0.2) is 0 Å². The molecule has 2 heterocycles. The quantitative estimate of drug-likeness (QED) is 0.158. The van der Waals surface area contributed by atoms with Gasteiger partial charge in [-0.15, -0.1) is 23.1 Å². The fourth-order valence-corrected chi connectivity index (χ4v) is 9.76. The third kappa shape index (κ3) is 5.69. The molecule has 0 saturated carbocycles. The van der Waals surface area contributed by atoms with E-state index in [4.69, 9.17) is 0 Å². The van der Waals surface area contributed by atoms with Crippen molar-refractivity contribution >= 4 is 49.5 Å². The molecule has 2 heteroatoms. The van der Waals surface area contributed by atoms with E-state index in [1.807, 2.05) is 23.1 Å². The zero-order chi connectivity index (χ0) is 33.6. The molecule has 7 aromatic carbocycles. The van der Waals surface area contributed by atoms with Gasteiger partial charge in [0.2, 0.25) is 0 Å². The summed E-state index contributed by atoms with van der Waals surface area (Å²) in [6, 6.07) is 58.6. The molecule has 50 heavy (non-hydrogen) atoms. The molecule has 1 aliphatic rings. The molecule has 0 spiro atoms. The average Bonchev–Trinajstić information content (AvgIpc) is 3.87. The number of benzene rings is 7. The number of fused-ring (bicyclic) bond motifs is 2. The fraction of sp³-hybridized carbons (Fsp3) is 0.0833. The van der Waals surface area contributed by atoms with Crippen LogP contribution in [0.5, 0.6) is 0 Å². The molecule has 1 aromatic heterocycles. The van der Waals surface area contributed by atoms with Gasteiger partial charge in [-0.05, 0) is 111 Å². The van der Waals surface area contributed by atoms with E-state index in [2.05, 4.69) is 178 Å². The maximum atomic E-state index is 2.43.